The quantitative estimate of drug-likeness (QED) is 0.284. The van der Waals surface area contributed by atoms with Crippen molar-refractivity contribution in [2.75, 3.05) is 43.2 Å². The van der Waals surface area contributed by atoms with Gasteiger partial charge in [-0.3, -0.25) is 14.3 Å². The number of amides is 1. The van der Waals surface area contributed by atoms with Crippen molar-refractivity contribution in [3.8, 4) is 5.75 Å². The van der Waals surface area contributed by atoms with Crippen molar-refractivity contribution in [3.05, 3.63) is 82.7 Å². The van der Waals surface area contributed by atoms with Crippen LogP contribution < -0.4 is 9.64 Å². The Morgan fingerprint density at radius 1 is 1.18 bits per heavy atom. The molecule has 1 aromatic heterocycles. The van der Waals surface area contributed by atoms with Gasteiger partial charge in [-0.2, -0.15) is 4.36 Å². The lowest BCUT2D eigenvalue weighted by Crippen LogP contribution is -2.49. The van der Waals surface area contributed by atoms with Crippen molar-refractivity contribution in [1.82, 2.24) is 15.0 Å². The van der Waals surface area contributed by atoms with Crippen LogP contribution in [-0.4, -0.2) is 75.3 Å². The van der Waals surface area contributed by atoms with E-state index < -0.39 is 15.6 Å². The summed E-state index contributed by atoms with van der Waals surface area (Å²) in [6.07, 6.45) is 13.9. The molecule has 2 aromatic carbocycles. The highest BCUT2D eigenvalue weighted by molar-refractivity contribution is 7.94. The number of ketones is 1. The molecule has 12 heteroatoms. The predicted octanol–water partition coefficient (Wildman–Crippen LogP) is 6.06. The summed E-state index contributed by atoms with van der Waals surface area (Å²) in [6, 6.07) is 11.7. The van der Waals surface area contributed by atoms with Crippen molar-refractivity contribution < 1.29 is 23.3 Å². The number of hydrogen-bond acceptors (Lipinski definition) is 8. The highest BCUT2D eigenvalue weighted by Gasteiger charge is 2.44. The zero-order valence-electron chi connectivity index (χ0n) is 28.0. The molecule has 0 saturated heterocycles. The number of hydrogen-bond donors (Lipinski definition) is 0. The van der Waals surface area contributed by atoms with Gasteiger partial charge in [-0.15, -0.1) is 5.10 Å². The number of anilines is 1. The van der Waals surface area contributed by atoms with E-state index >= 15 is 0 Å². The molecule has 3 heterocycles. The number of rotatable bonds is 6. The van der Waals surface area contributed by atoms with Gasteiger partial charge >= 0.3 is 0 Å². The molecule has 4 aliphatic rings. The summed E-state index contributed by atoms with van der Waals surface area (Å²) >= 11 is 6.45. The van der Waals surface area contributed by atoms with Gasteiger partial charge in [0.05, 0.1) is 40.1 Å². The molecule has 2 bridgehead atoms. The summed E-state index contributed by atoms with van der Waals surface area (Å²) in [5, 5.41) is 8.43. The molecular formula is C37H44ClN5O5S. The number of fused-ring (bicyclic) bond motifs is 4. The average molecular weight is 706 g/mol. The van der Waals surface area contributed by atoms with Gasteiger partial charge in [-0.05, 0) is 98.2 Å². The maximum absolute atomic E-state index is 14.3. The minimum absolute atomic E-state index is 0.0267. The normalized spacial score (nSPS) is 29.1. The zero-order chi connectivity index (χ0) is 34.0. The van der Waals surface area contributed by atoms with E-state index in [0.29, 0.717) is 43.4 Å². The van der Waals surface area contributed by atoms with Gasteiger partial charge in [0.25, 0.3) is 5.91 Å². The first kappa shape index (κ1) is 33.9. The van der Waals surface area contributed by atoms with E-state index in [2.05, 4.69) is 43.9 Å². The van der Waals surface area contributed by atoms with Crippen LogP contribution in [0.4, 0.5) is 5.69 Å². The van der Waals surface area contributed by atoms with Crippen molar-refractivity contribution >= 4 is 38.7 Å². The van der Waals surface area contributed by atoms with E-state index in [4.69, 9.17) is 21.1 Å². The standard InChI is InChI=1S/C37H44ClN5O5S/c1-47-34-7-3-2-4-19-49(46,23-30(44)14-17-43-18-16-39-41-43)40-36(45)27-9-13-35-33(21-27)42(22-28-8-11-31(28)34)24-37(25-48-35)15-5-6-26-20-29(38)10-12-32(26)37/h3,7,9-10,12-13,16,18,20-21,28,31,34H,2,4-6,8,11,14-15,17,19,22-25H2,1H3/b7-3+/t28-,31+,34-,37-,49-/m0/s1. The van der Waals surface area contributed by atoms with Gasteiger partial charge in [0.1, 0.15) is 11.5 Å². The molecule has 10 nitrogen and oxygen atoms in total. The first-order valence-corrected chi connectivity index (χ1v) is 19.6. The maximum atomic E-state index is 14.3. The number of benzene rings is 2. The van der Waals surface area contributed by atoms with Crippen LogP contribution in [0.25, 0.3) is 0 Å². The number of Topliss-reactive ketones (excluding diaryl/α,β-unsaturated/α-hetero) is 1. The molecule has 2 aliphatic carbocycles. The Kier molecular flexibility index (Phi) is 9.95. The monoisotopic (exact) mass is 705 g/mol. The van der Waals surface area contributed by atoms with Crippen molar-refractivity contribution in [1.29, 1.82) is 0 Å². The smallest absolute Gasteiger partial charge is 0.285 e. The summed E-state index contributed by atoms with van der Waals surface area (Å²) in [7, 11) is -1.41. The summed E-state index contributed by atoms with van der Waals surface area (Å²) in [4.78, 5) is 29.3. The molecule has 0 N–H and O–H groups in total. The fraction of sp³-hybridized carbons (Fsp3) is 0.514. The van der Waals surface area contributed by atoms with E-state index in [-0.39, 0.29) is 35.2 Å². The first-order chi connectivity index (χ1) is 23.7. The summed E-state index contributed by atoms with van der Waals surface area (Å²) in [5.41, 5.74) is 3.50. The number of halogens is 1. The fourth-order valence-corrected chi connectivity index (χ4v) is 10.3. The molecule has 3 aromatic rings. The van der Waals surface area contributed by atoms with Crippen LogP contribution in [0.3, 0.4) is 0 Å². The molecule has 5 atom stereocenters. The molecule has 0 unspecified atom stereocenters. The SMILES string of the molecule is CO[C@H]1/C=C/CCC[S@](=O)(CC(=O)CCn2ccnn2)=NC(=O)c2ccc3c(c2)N(C[C@@H]2CC[C@H]21)C[C@@]1(CCCc2cc(Cl)ccc21)CO3. The second-order valence-corrected chi connectivity index (χ2v) is 16.9. The third kappa shape index (κ3) is 7.35. The van der Waals surface area contributed by atoms with Gasteiger partial charge < -0.3 is 14.4 Å². The van der Waals surface area contributed by atoms with Crippen molar-refractivity contribution in [2.24, 2.45) is 16.2 Å². The second kappa shape index (κ2) is 14.4. The molecule has 1 fully saturated rings. The number of methoxy groups -OCH3 is 1. The van der Waals surface area contributed by atoms with E-state index in [0.717, 1.165) is 61.7 Å². The first-order valence-electron chi connectivity index (χ1n) is 17.4. The van der Waals surface area contributed by atoms with Gasteiger partial charge in [0.15, 0.2) is 0 Å². The Bertz CT molecular complexity index is 1850. The summed E-state index contributed by atoms with van der Waals surface area (Å²) < 4.78 is 32.8. The van der Waals surface area contributed by atoms with Crippen molar-refractivity contribution in [2.45, 2.75) is 69.4 Å². The summed E-state index contributed by atoms with van der Waals surface area (Å²) in [6.45, 7) is 2.37. The van der Waals surface area contributed by atoms with E-state index in [1.165, 1.54) is 11.1 Å². The highest BCUT2D eigenvalue weighted by atomic mass is 35.5. The van der Waals surface area contributed by atoms with Crippen molar-refractivity contribution in [3.63, 3.8) is 0 Å². The highest BCUT2D eigenvalue weighted by Crippen LogP contribution is 2.47. The van der Waals surface area contributed by atoms with Crippen LogP contribution >= 0.6 is 11.6 Å². The van der Waals surface area contributed by atoms with Gasteiger partial charge in [0, 0.05) is 61.1 Å². The lowest BCUT2D eigenvalue weighted by atomic mass is 9.68. The largest absolute Gasteiger partial charge is 0.490 e. The Labute approximate surface area is 293 Å². The van der Waals surface area contributed by atoms with Gasteiger partial charge in [-0.25, -0.2) is 4.21 Å². The molecule has 1 spiro atoms. The third-order valence-electron chi connectivity index (χ3n) is 10.8. The van der Waals surface area contributed by atoms with Crippen LogP contribution in [0, 0.1) is 11.8 Å². The maximum Gasteiger partial charge on any atom is 0.285 e. The average Bonchev–Trinajstić information content (AvgIpc) is 3.55. The number of ether oxygens (including phenoxy) is 2. The molecule has 2 aliphatic heterocycles. The van der Waals surface area contributed by atoms with Crippen LogP contribution in [0.15, 0.2) is 65.3 Å². The molecule has 0 radical (unpaired) electrons. The third-order valence-corrected chi connectivity index (χ3v) is 13.2. The van der Waals surface area contributed by atoms with E-state index in [1.807, 2.05) is 18.2 Å². The minimum Gasteiger partial charge on any atom is -0.490 e. The number of carbonyl (C=O) groups is 2. The lowest BCUT2D eigenvalue weighted by molar-refractivity contribution is -0.116. The Morgan fingerprint density at radius 3 is 2.88 bits per heavy atom. The second-order valence-electron chi connectivity index (χ2n) is 14.0. The van der Waals surface area contributed by atoms with Crippen LogP contribution in [0.2, 0.25) is 5.02 Å². The lowest BCUT2D eigenvalue weighted by Gasteiger charge is -2.46. The molecule has 49 heavy (non-hydrogen) atoms. The molecule has 1 amide bonds. The van der Waals surface area contributed by atoms with E-state index in [9.17, 15) is 13.8 Å². The number of aryl methyl sites for hydroxylation is 2. The van der Waals surface area contributed by atoms with E-state index in [1.54, 1.807) is 30.3 Å². The molecule has 7 rings (SSSR count). The zero-order valence-corrected chi connectivity index (χ0v) is 29.5. The molecule has 260 valence electrons. The van der Waals surface area contributed by atoms with Gasteiger partial charge in [-0.1, -0.05) is 35.0 Å². The van der Waals surface area contributed by atoms with Crippen LogP contribution in [0.5, 0.6) is 5.75 Å². The molecular weight excluding hydrogens is 662 g/mol. The predicted molar refractivity (Wildman–Crippen MR) is 190 cm³/mol. The number of carbonyl (C=O) groups excluding carboxylic acids is 2. The Hall–Kier alpha value is -3.54. The number of aromatic nitrogens is 3. The molecule has 1 saturated carbocycles. The minimum atomic E-state index is -3.17. The number of allylic oxidation sites excluding steroid dienone is 1. The summed E-state index contributed by atoms with van der Waals surface area (Å²) in [5.74, 6) is 0.558. The van der Waals surface area contributed by atoms with Crippen LogP contribution in [-0.2, 0) is 37.6 Å². The van der Waals surface area contributed by atoms with Gasteiger partial charge in [0.2, 0.25) is 0 Å². The Balaban J connectivity index is 1.25. The number of nitrogens with zero attached hydrogens (tertiary/aromatic N) is 5. The van der Waals surface area contributed by atoms with Crippen LogP contribution in [0.1, 0.15) is 66.4 Å². The topological polar surface area (TPSA) is 116 Å². The Morgan fingerprint density at radius 2 is 2.08 bits per heavy atom. The fourth-order valence-electron chi connectivity index (χ4n) is 8.11.